The molecule has 0 saturated heterocycles. The Bertz CT molecular complexity index is 631. The van der Waals surface area contributed by atoms with Gasteiger partial charge in [-0.15, -0.1) is 0 Å². The Balaban J connectivity index is 2.01. The number of hydrogen-bond acceptors (Lipinski definition) is 9. The topological polar surface area (TPSA) is 117 Å². The Morgan fingerprint density at radius 2 is 2.24 bits per heavy atom. The molecule has 2 aromatic heterocycles. The fraction of sp³-hybridized carbons (Fsp3) is 0.417. The fourth-order valence-corrected chi connectivity index (χ4v) is 2.09. The standard InChI is InChI=1S/C12H15N5O3S/c1-3-8-15-9(20-17-8)6-21-12-14-5-7(10(13)16-12)11(18)19-4-2/h5H,3-4,6H2,1-2H3,(H2,13,14,16). The number of rotatable bonds is 6. The van der Waals surface area contributed by atoms with Crippen molar-refractivity contribution >= 4 is 23.5 Å². The zero-order valence-electron chi connectivity index (χ0n) is 11.7. The van der Waals surface area contributed by atoms with Gasteiger partial charge >= 0.3 is 5.97 Å². The summed E-state index contributed by atoms with van der Waals surface area (Å²) in [4.78, 5) is 23.9. The molecule has 0 aliphatic carbocycles. The van der Waals surface area contributed by atoms with Crippen LogP contribution in [0.15, 0.2) is 15.9 Å². The van der Waals surface area contributed by atoms with Gasteiger partial charge in [-0.05, 0) is 6.92 Å². The van der Waals surface area contributed by atoms with Gasteiger partial charge < -0.3 is 15.0 Å². The van der Waals surface area contributed by atoms with E-state index in [1.165, 1.54) is 18.0 Å². The maximum absolute atomic E-state index is 11.6. The van der Waals surface area contributed by atoms with Crippen LogP contribution in [0.3, 0.4) is 0 Å². The Kier molecular flexibility index (Phi) is 5.09. The van der Waals surface area contributed by atoms with Crippen LogP contribution < -0.4 is 5.73 Å². The molecule has 0 bridgehead atoms. The van der Waals surface area contributed by atoms with Gasteiger partial charge in [0.1, 0.15) is 11.4 Å². The average molecular weight is 309 g/mol. The summed E-state index contributed by atoms with van der Waals surface area (Å²) in [6, 6.07) is 0. The number of nitrogen functional groups attached to an aromatic ring is 1. The Hall–Kier alpha value is -2.16. The highest BCUT2D eigenvalue weighted by atomic mass is 32.2. The summed E-state index contributed by atoms with van der Waals surface area (Å²) in [6.45, 7) is 3.93. The second-order valence-corrected chi connectivity index (χ2v) is 4.86. The Morgan fingerprint density at radius 3 is 2.86 bits per heavy atom. The number of carbonyl (C=O) groups excluding carboxylic acids is 1. The van der Waals surface area contributed by atoms with Crippen molar-refractivity contribution in [2.45, 2.75) is 31.2 Å². The lowest BCUT2D eigenvalue weighted by Crippen LogP contribution is -2.10. The highest BCUT2D eigenvalue weighted by Gasteiger charge is 2.14. The number of nitrogens with zero attached hydrogens (tertiary/aromatic N) is 4. The lowest BCUT2D eigenvalue weighted by Gasteiger charge is -2.05. The third-order valence-electron chi connectivity index (χ3n) is 2.44. The van der Waals surface area contributed by atoms with E-state index in [9.17, 15) is 4.79 Å². The van der Waals surface area contributed by atoms with Crippen LogP contribution in [-0.2, 0) is 16.9 Å². The molecule has 2 heterocycles. The first-order valence-electron chi connectivity index (χ1n) is 6.37. The number of nitrogens with two attached hydrogens (primary N) is 1. The van der Waals surface area contributed by atoms with Crippen molar-refractivity contribution < 1.29 is 14.1 Å². The summed E-state index contributed by atoms with van der Waals surface area (Å²) < 4.78 is 9.91. The van der Waals surface area contributed by atoms with Gasteiger partial charge in [-0.1, -0.05) is 23.8 Å². The number of thioether (sulfide) groups is 1. The average Bonchev–Trinajstić information content (AvgIpc) is 2.93. The summed E-state index contributed by atoms with van der Waals surface area (Å²) in [6.07, 6.45) is 2.07. The third-order valence-corrected chi connectivity index (χ3v) is 3.29. The molecule has 21 heavy (non-hydrogen) atoms. The molecule has 9 heteroatoms. The van der Waals surface area contributed by atoms with E-state index in [1.807, 2.05) is 6.92 Å². The molecule has 8 nitrogen and oxygen atoms in total. The lowest BCUT2D eigenvalue weighted by molar-refractivity contribution is 0.0526. The number of esters is 1. The maximum Gasteiger partial charge on any atom is 0.343 e. The summed E-state index contributed by atoms with van der Waals surface area (Å²) in [5.41, 5.74) is 5.89. The largest absolute Gasteiger partial charge is 0.462 e. The predicted molar refractivity (Wildman–Crippen MR) is 75.6 cm³/mol. The molecule has 0 atom stereocenters. The van der Waals surface area contributed by atoms with Crippen LogP contribution in [0.2, 0.25) is 0 Å². The van der Waals surface area contributed by atoms with Crippen molar-refractivity contribution in [3.8, 4) is 0 Å². The molecule has 112 valence electrons. The minimum absolute atomic E-state index is 0.0886. The van der Waals surface area contributed by atoms with Crippen molar-refractivity contribution in [3.63, 3.8) is 0 Å². The SMILES string of the molecule is CCOC(=O)c1cnc(SCc2nc(CC)no2)nc1N. The first-order valence-corrected chi connectivity index (χ1v) is 7.36. The molecule has 2 aromatic rings. The maximum atomic E-state index is 11.6. The van der Waals surface area contributed by atoms with Crippen molar-refractivity contribution in [1.82, 2.24) is 20.1 Å². The molecule has 0 fully saturated rings. The van der Waals surface area contributed by atoms with Crippen LogP contribution >= 0.6 is 11.8 Å². The first-order chi connectivity index (χ1) is 10.1. The van der Waals surface area contributed by atoms with Crippen molar-refractivity contribution in [3.05, 3.63) is 23.5 Å². The molecule has 0 saturated carbocycles. The third kappa shape index (κ3) is 3.91. The Labute approximate surface area is 125 Å². The van der Waals surface area contributed by atoms with Crippen LogP contribution in [0.25, 0.3) is 0 Å². The van der Waals surface area contributed by atoms with E-state index in [2.05, 4.69) is 20.1 Å². The number of aryl methyl sites for hydroxylation is 1. The number of aromatic nitrogens is 4. The number of anilines is 1. The molecular weight excluding hydrogens is 294 g/mol. The highest BCUT2D eigenvalue weighted by Crippen LogP contribution is 2.20. The van der Waals surface area contributed by atoms with Gasteiger partial charge in [-0.3, -0.25) is 0 Å². The van der Waals surface area contributed by atoms with E-state index >= 15 is 0 Å². The second kappa shape index (κ2) is 7.02. The van der Waals surface area contributed by atoms with Crippen molar-refractivity contribution in [2.24, 2.45) is 0 Å². The zero-order valence-corrected chi connectivity index (χ0v) is 12.5. The van der Waals surface area contributed by atoms with Gasteiger partial charge in [0, 0.05) is 12.6 Å². The number of hydrogen-bond donors (Lipinski definition) is 1. The molecule has 0 amide bonds. The summed E-state index contributed by atoms with van der Waals surface area (Å²) >= 11 is 1.29. The van der Waals surface area contributed by atoms with E-state index < -0.39 is 5.97 Å². The second-order valence-electron chi connectivity index (χ2n) is 3.92. The molecule has 2 rings (SSSR count). The van der Waals surface area contributed by atoms with E-state index in [4.69, 9.17) is 15.0 Å². The van der Waals surface area contributed by atoms with Gasteiger partial charge in [-0.25, -0.2) is 14.8 Å². The molecular formula is C12H15N5O3S. The number of carbonyl (C=O) groups is 1. The van der Waals surface area contributed by atoms with Crippen LogP contribution in [0.5, 0.6) is 0 Å². The minimum atomic E-state index is -0.531. The first kappa shape index (κ1) is 15.2. The Morgan fingerprint density at radius 1 is 1.43 bits per heavy atom. The quantitative estimate of drug-likeness (QED) is 0.480. The van der Waals surface area contributed by atoms with E-state index in [1.54, 1.807) is 6.92 Å². The van der Waals surface area contributed by atoms with E-state index in [-0.39, 0.29) is 18.0 Å². The van der Waals surface area contributed by atoms with Crippen LogP contribution in [-0.4, -0.2) is 32.7 Å². The van der Waals surface area contributed by atoms with E-state index in [0.29, 0.717) is 29.0 Å². The molecule has 0 aliphatic heterocycles. The van der Waals surface area contributed by atoms with E-state index in [0.717, 1.165) is 0 Å². The zero-order chi connectivity index (χ0) is 15.2. The summed E-state index contributed by atoms with van der Waals surface area (Å²) in [7, 11) is 0. The van der Waals surface area contributed by atoms with Crippen molar-refractivity contribution in [1.29, 1.82) is 0 Å². The summed E-state index contributed by atoms with van der Waals surface area (Å²) in [5, 5.41) is 4.22. The minimum Gasteiger partial charge on any atom is -0.462 e. The van der Waals surface area contributed by atoms with Crippen molar-refractivity contribution in [2.75, 3.05) is 12.3 Å². The normalized spacial score (nSPS) is 10.6. The lowest BCUT2D eigenvalue weighted by atomic mass is 10.3. The van der Waals surface area contributed by atoms with Gasteiger partial charge in [0.15, 0.2) is 11.0 Å². The number of ether oxygens (including phenoxy) is 1. The van der Waals surface area contributed by atoms with Gasteiger partial charge in [0.25, 0.3) is 0 Å². The molecule has 0 spiro atoms. The molecule has 0 unspecified atom stereocenters. The van der Waals surface area contributed by atoms with Gasteiger partial charge in [-0.2, -0.15) is 4.98 Å². The molecule has 0 radical (unpaired) electrons. The summed E-state index contributed by atoms with van der Waals surface area (Å²) in [5.74, 6) is 1.14. The predicted octanol–water partition coefficient (Wildman–Crippen LogP) is 1.47. The highest BCUT2D eigenvalue weighted by molar-refractivity contribution is 7.98. The van der Waals surface area contributed by atoms with Gasteiger partial charge in [0.05, 0.1) is 12.4 Å². The van der Waals surface area contributed by atoms with Crippen LogP contribution in [0.4, 0.5) is 5.82 Å². The monoisotopic (exact) mass is 309 g/mol. The van der Waals surface area contributed by atoms with Crippen LogP contribution in [0, 0.1) is 0 Å². The fourth-order valence-electron chi connectivity index (χ4n) is 1.43. The molecule has 2 N–H and O–H groups in total. The molecule has 0 aliphatic rings. The van der Waals surface area contributed by atoms with Gasteiger partial charge in [0.2, 0.25) is 5.89 Å². The molecule has 0 aromatic carbocycles. The smallest absolute Gasteiger partial charge is 0.343 e. The van der Waals surface area contributed by atoms with Crippen LogP contribution in [0.1, 0.15) is 35.9 Å².